The number of aromatic nitrogens is 2. The van der Waals surface area contributed by atoms with Gasteiger partial charge in [0.15, 0.2) is 0 Å². The predicted molar refractivity (Wildman–Crippen MR) is 76.5 cm³/mol. The Labute approximate surface area is 120 Å². The van der Waals surface area contributed by atoms with E-state index in [0.29, 0.717) is 5.95 Å². The Morgan fingerprint density at radius 2 is 2.21 bits per heavy atom. The molecule has 1 aromatic heterocycles. The van der Waals surface area contributed by atoms with E-state index in [0.717, 1.165) is 36.2 Å². The number of halogens is 1. The summed E-state index contributed by atoms with van der Waals surface area (Å²) in [5.74, 6) is 6.71. The number of hydrogen-bond acceptors (Lipinski definition) is 6. The Balaban J connectivity index is 2.07. The highest BCUT2D eigenvalue weighted by Gasteiger charge is 2.26. The van der Waals surface area contributed by atoms with Crippen LogP contribution in [-0.4, -0.2) is 36.0 Å². The van der Waals surface area contributed by atoms with E-state index >= 15 is 0 Å². The Bertz CT molecular complexity index is 460. The van der Waals surface area contributed by atoms with E-state index in [-0.39, 0.29) is 11.8 Å². The van der Waals surface area contributed by atoms with Crippen molar-refractivity contribution in [3.8, 4) is 0 Å². The van der Waals surface area contributed by atoms with Crippen molar-refractivity contribution < 1.29 is 4.79 Å². The van der Waals surface area contributed by atoms with Gasteiger partial charge in [-0.25, -0.2) is 10.8 Å². The molecule has 1 amide bonds. The molecule has 4 N–H and O–H groups in total. The van der Waals surface area contributed by atoms with Crippen LogP contribution in [0.5, 0.6) is 0 Å². The first kappa shape index (κ1) is 14.0. The Hall–Kier alpha value is -1.41. The topological polar surface area (TPSA) is 96.2 Å². The van der Waals surface area contributed by atoms with Gasteiger partial charge in [0.25, 0.3) is 0 Å². The summed E-state index contributed by atoms with van der Waals surface area (Å²) in [4.78, 5) is 22.1. The standard InChI is InChI=1S/C11H17BrN6O/c1-14-10(19)7-2-4-18(5-3-7)9-8(12)6-15-11(16-9)17-13/h6-7H,2-5,13H2,1H3,(H,14,19)(H,15,16,17). The lowest BCUT2D eigenvalue weighted by molar-refractivity contribution is -0.125. The van der Waals surface area contributed by atoms with E-state index in [4.69, 9.17) is 5.84 Å². The minimum absolute atomic E-state index is 0.0916. The van der Waals surface area contributed by atoms with Gasteiger partial charge in [0.2, 0.25) is 11.9 Å². The first-order valence-electron chi connectivity index (χ1n) is 6.11. The molecule has 2 rings (SSSR count). The molecule has 7 nitrogen and oxygen atoms in total. The van der Waals surface area contributed by atoms with Crippen molar-refractivity contribution in [2.24, 2.45) is 11.8 Å². The molecule has 1 aromatic rings. The van der Waals surface area contributed by atoms with Crippen molar-refractivity contribution in [3.05, 3.63) is 10.7 Å². The molecule has 0 unspecified atom stereocenters. The van der Waals surface area contributed by atoms with E-state index in [2.05, 4.69) is 41.5 Å². The smallest absolute Gasteiger partial charge is 0.239 e. The van der Waals surface area contributed by atoms with Crippen LogP contribution in [0.25, 0.3) is 0 Å². The molecule has 1 aliphatic heterocycles. The average molecular weight is 329 g/mol. The lowest BCUT2D eigenvalue weighted by Crippen LogP contribution is -2.40. The van der Waals surface area contributed by atoms with Crippen LogP contribution in [0, 0.1) is 5.92 Å². The van der Waals surface area contributed by atoms with Gasteiger partial charge in [-0.15, -0.1) is 0 Å². The van der Waals surface area contributed by atoms with Crippen LogP contribution < -0.4 is 21.5 Å². The monoisotopic (exact) mass is 328 g/mol. The molecule has 0 aliphatic carbocycles. The van der Waals surface area contributed by atoms with E-state index in [9.17, 15) is 4.79 Å². The van der Waals surface area contributed by atoms with Crippen LogP contribution in [-0.2, 0) is 4.79 Å². The highest BCUT2D eigenvalue weighted by molar-refractivity contribution is 9.10. The average Bonchev–Trinajstić information content (AvgIpc) is 2.47. The molecule has 1 aliphatic rings. The SMILES string of the molecule is CNC(=O)C1CCN(c2nc(NN)ncc2Br)CC1. The van der Waals surface area contributed by atoms with Crippen LogP contribution >= 0.6 is 15.9 Å². The number of anilines is 2. The van der Waals surface area contributed by atoms with Crippen LogP contribution in [0.1, 0.15) is 12.8 Å². The van der Waals surface area contributed by atoms with Gasteiger partial charge >= 0.3 is 0 Å². The number of amides is 1. The summed E-state index contributed by atoms with van der Waals surface area (Å²) in [7, 11) is 1.68. The Morgan fingerprint density at radius 1 is 1.53 bits per heavy atom. The van der Waals surface area contributed by atoms with Gasteiger partial charge in [0.1, 0.15) is 5.82 Å². The molecule has 0 aromatic carbocycles. The quantitative estimate of drug-likeness (QED) is 0.552. The van der Waals surface area contributed by atoms with Crippen LogP contribution in [0.2, 0.25) is 0 Å². The van der Waals surface area contributed by atoms with Crippen LogP contribution in [0.3, 0.4) is 0 Å². The molecule has 0 radical (unpaired) electrons. The molecular formula is C11H17BrN6O. The normalized spacial score (nSPS) is 16.3. The maximum absolute atomic E-state index is 11.6. The minimum Gasteiger partial charge on any atom is -0.359 e. The zero-order valence-electron chi connectivity index (χ0n) is 10.7. The Morgan fingerprint density at radius 3 is 2.79 bits per heavy atom. The van der Waals surface area contributed by atoms with Gasteiger partial charge in [0.05, 0.1) is 4.47 Å². The second-order valence-corrected chi connectivity index (χ2v) is 5.24. The molecule has 104 valence electrons. The number of nitrogens with one attached hydrogen (secondary N) is 2. The van der Waals surface area contributed by atoms with Crippen molar-refractivity contribution in [1.82, 2.24) is 15.3 Å². The maximum atomic E-state index is 11.6. The van der Waals surface area contributed by atoms with Crippen molar-refractivity contribution >= 4 is 33.6 Å². The fraction of sp³-hybridized carbons (Fsp3) is 0.545. The second-order valence-electron chi connectivity index (χ2n) is 4.39. The van der Waals surface area contributed by atoms with Crippen molar-refractivity contribution in [1.29, 1.82) is 0 Å². The summed E-state index contributed by atoms with van der Waals surface area (Å²) < 4.78 is 0.824. The fourth-order valence-corrected chi connectivity index (χ4v) is 2.65. The largest absolute Gasteiger partial charge is 0.359 e. The molecule has 0 atom stereocenters. The lowest BCUT2D eigenvalue weighted by Gasteiger charge is -2.32. The molecule has 0 bridgehead atoms. The highest BCUT2D eigenvalue weighted by Crippen LogP contribution is 2.28. The zero-order chi connectivity index (χ0) is 13.8. The maximum Gasteiger partial charge on any atom is 0.239 e. The van der Waals surface area contributed by atoms with Crippen LogP contribution in [0.4, 0.5) is 11.8 Å². The number of carbonyl (C=O) groups is 1. The Kier molecular flexibility index (Phi) is 4.54. The highest BCUT2D eigenvalue weighted by atomic mass is 79.9. The summed E-state index contributed by atoms with van der Waals surface area (Å²) in [5, 5.41) is 2.70. The third-order valence-electron chi connectivity index (χ3n) is 3.27. The van der Waals surface area contributed by atoms with E-state index < -0.39 is 0 Å². The third-order valence-corrected chi connectivity index (χ3v) is 3.83. The number of hydrogen-bond donors (Lipinski definition) is 3. The van der Waals surface area contributed by atoms with Crippen LogP contribution in [0.15, 0.2) is 10.7 Å². The molecule has 19 heavy (non-hydrogen) atoms. The van der Waals surface area contributed by atoms with Gasteiger partial charge < -0.3 is 10.2 Å². The number of rotatable bonds is 3. The van der Waals surface area contributed by atoms with Crippen molar-refractivity contribution in [2.45, 2.75) is 12.8 Å². The third kappa shape index (κ3) is 3.13. The van der Waals surface area contributed by atoms with Gasteiger partial charge in [-0.3, -0.25) is 10.2 Å². The summed E-state index contributed by atoms with van der Waals surface area (Å²) in [6, 6.07) is 0. The second kappa shape index (κ2) is 6.16. The molecule has 0 spiro atoms. The van der Waals surface area contributed by atoms with Gasteiger partial charge in [-0.05, 0) is 28.8 Å². The molecule has 8 heteroatoms. The summed E-state index contributed by atoms with van der Waals surface area (Å²) in [5.41, 5.74) is 2.44. The molecule has 1 saturated heterocycles. The minimum atomic E-state index is 0.0916. The number of nitrogens with two attached hydrogens (primary N) is 1. The molecular weight excluding hydrogens is 312 g/mol. The first-order valence-corrected chi connectivity index (χ1v) is 6.90. The number of nitrogen functional groups attached to an aromatic ring is 1. The molecule has 1 fully saturated rings. The van der Waals surface area contributed by atoms with Gasteiger partial charge in [0, 0.05) is 32.3 Å². The first-order chi connectivity index (χ1) is 9.15. The predicted octanol–water partition coefficient (Wildman–Crippen LogP) is 0.487. The lowest BCUT2D eigenvalue weighted by atomic mass is 9.96. The molecule has 2 heterocycles. The summed E-state index contributed by atoms with van der Waals surface area (Å²) in [6.45, 7) is 1.58. The van der Waals surface area contributed by atoms with Crippen molar-refractivity contribution in [3.63, 3.8) is 0 Å². The summed E-state index contributed by atoms with van der Waals surface area (Å²) in [6.07, 6.45) is 3.31. The number of carbonyl (C=O) groups excluding carboxylic acids is 1. The number of piperidine rings is 1. The molecule has 0 saturated carbocycles. The van der Waals surface area contributed by atoms with E-state index in [1.54, 1.807) is 13.2 Å². The number of nitrogens with zero attached hydrogens (tertiary/aromatic N) is 3. The fourth-order valence-electron chi connectivity index (χ4n) is 2.21. The number of hydrazine groups is 1. The van der Waals surface area contributed by atoms with Crippen molar-refractivity contribution in [2.75, 3.05) is 30.5 Å². The van der Waals surface area contributed by atoms with Gasteiger partial charge in [-0.2, -0.15) is 4.98 Å². The zero-order valence-corrected chi connectivity index (χ0v) is 12.3. The van der Waals surface area contributed by atoms with E-state index in [1.165, 1.54) is 0 Å². The summed E-state index contributed by atoms with van der Waals surface area (Å²) >= 11 is 3.44. The van der Waals surface area contributed by atoms with E-state index in [1.807, 2.05) is 0 Å². The van der Waals surface area contributed by atoms with Gasteiger partial charge in [-0.1, -0.05) is 0 Å².